The summed E-state index contributed by atoms with van der Waals surface area (Å²) in [5.74, 6) is -0.116. The Labute approximate surface area is 179 Å². The van der Waals surface area contributed by atoms with Crippen LogP contribution in [0, 0.1) is 0 Å². The van der Waals surface area contributed by atoms with E-state index in [2.05, 4.69) is 15.9 Å². The van der Waals surface area contributed by atoms with E-state index in [1.807, 2.05) is 59.3 Å². The maximum absolute atomic E-state index is 13.5. The molecule has 1 amide bonds. The Kier molecular flexibility index (Phi) is 6.11. The van der Waals surface area contributed by atoms with Crippen molar-refractivity contribution in [3.63, 3.8) is 0 Å². The highest BCUT2D eigenvalue weighted by Crippen LogP contribution is 2.29. The lowest BCUT2D eigenvalue weighted by Gasteiger charge is -2.22. The van der Waals surface area contributed by atoms with Crippen LogP contribution in [0.4, 0.5) is 0 Å². The van der Waals surface area contributed by atoms with Gasteiger partial charge in [-0.25, -0.2) is 4.68 Å². The van der Waals surface area contributed by atoms with Gasteiger partial charge in [-0.1, -0.05) is 52.3 Å². The molecule has 3 aromatic rings. The van der Waals surface area contributed by atoms with Crippen LogP contribution in [-0.4, -0.2) is 38.8 Å². The fourth-order valence-electron chi connectivity index (χ4n) is 3.92. The van der Waals surface area contributed by atoms with E-state index >= 15 is 0 Å². The van der Waals surface area contributed by atoms with E-state index in [0.717, 1.165) is 52.7 Å². The summed E-state index contributed by atoms with van der Waals surface area (Å²) < 4.78 is 2.90. The molecule has 150 valence electrons. The van der Waals surface area contributed by atoms with Crippen LogP contribution >= 0.6 is 15.9 Å². The van der Waals surface area contributed by atoms with Crippen molar-refractivity contribution in [2.45, 2.75) is 32.2 Å². The van der Waals surface area contributed by atoms with E-state index in [0.29, 0.717) is 12.2 Å². The fraction of sp³-hybridized carbons (Fsp3) is 0.304. The molecule has 0 spiro atoms. The lowest BCUT2D eigenvalue weighted by molar-refractivity contribution is 0.0700. The van der Waals surface area contributed by atoms with E-state index in [9.17, 15) is 9.90 Å². The molecule has 1 aromatic heterocycles. The van der Waals surface area contributed by atoms with Gasteiger partial charge in [-0.2, -0.15) is 5.10 Å². The van der Waals surface area contributed by atoms with Crippen molar-refractivity contribution in [3.8, 4) is 5.69 Å². The van der Waals surface area contributed by atoms with Gasteiger partial charge < -0.3 is 10.0 Å². The Morgan fingerprint density at radius 2 is 1.90 bits per heavy atom. The van der Waals surface area contributed by atoms with Crippen LogP contribution in [0.3, 0.4) is 0 Å². The minimum atomic E-state index is -0.116. The number of aliphatic hydroxyl groups is 1. The first-order valence-electron chi connectivity index (χ1n) is 9.98. The molecule has 1 N–H and O–H groups in total. The van der Waals surface area contributed by atoms with Gasteiger partial charge in [0.05, 0.1) is 12.3 Å². The third-order valence-electron chi connectivity index (χ3n) is 5.31. The monoisotopic (exact) mass is 453 g/mol. The number of aromatic nitrogens is 2. The third-order valence-corrected chi connectivity index (χ3v) is 5.80. The first-order chi connectivity index (χ1) is 14.2. The standard InChI is InChI=1S/C23H24BrN3O2/c24-18-9-6-10-19(15-18)27-21-12-5-4-11-20(21)22(25-27)23(29)26(13-14-28)16-17-7-2-1-3-8-17/h1-3,6-10,15,28H,4-5,11-14,16H2. The molecule has 0 radical (unpaired) electrons. The van der Waals surface area contributed by atoms with Crippen LogP contribution in [0.15, 0.2) is 59.1 Å². The number of hydrogen-bond donors (Lipinski definition) is 1. The van der Waals surface area contributed by atoms with Crippen LogP contribution in [0.2, 0.25) is 0 Å². The van der Waals surface area contributed by atoms with Gasteiger partial charge in [0.25, 0.3) is 5.91 Å². The molecule has 0 bridgehead atoms. The highest BCUT2D eigenvalue weighted by atomic mass is 79.9. The van der Waals surface area contributed by atoms with Crippen molar-refractivity contribution < 1.29 is 9.90 Å². The number of benzene rings is 2. The summed E-state index contributed by atoms with van der Waals surface area (Å²) in [5.41, 5.74) is 4.69. The number of halogens is 1. The van der Waals surface area contributed by atoms with Gasteiger partial charge in [-0.3, -0.25) is 4.79 Å². The zero-order valence-electron chi connectivity index (χ0n) is 16.2. The number of fused-ring (bicyclic) bond motifs is 1. The highest BCUT2D eigenvalue weighted by Gasteiger charge is 2.28. The molecule has 1 heterocycles. The smallest absolute Gasteiger partial charge is 0.275 e. The van der Waals surface area contributed by atoms with Crippen LogP contribution in [0.25, 0.3) is 5.69 Å². The van der Waals surface area contributed by atoms with Crippen molar-refractivity contribution in [3.05, 3.63) is 81.6 Å². The predicted octanol–water partition coefficient (Wildman–Crippen LogP) is 4.15. The van der Waals surface area contributed by atoms with Crippen LogP contribution in [0.5, 0.6) is 0 Å². The second-order valence-electron chi connectivity index (χ2n) is 7.31. The molecule has 0 unspecified atom stereocenters. The molecule has 0 aliphatic heterocycles. The zero-order valence-corrected chi connectivity index (χ0v) is 17.8. The Morgan fingerprint density at radius 3 is 2.66 bits per heavy atom. The molecule has 1 aliphatic carbocycles. The normalized spacial score (nSPS) is 13.2. The van der Waals surface area contributed by atoms with E-state index < -0.39 is 0 Å². The SMILES string of the molecule is O=C(c1nn(-c2cccc(Br)c2)c2c1CCCC2)N(CCO)Cc1ccccc1. The lowest BCUT2D eigenvalue weighted by atomic mass is 9.95. The van der Waals surface area contributed by atoms with Gasteiger partial charge in [0.2, 0.25) is 0 Å². The van der Waals surface area contributed by atoms with Gasteiger partial charge in [0.1, 0.15) is 0 Å². The first-order valence-corrected chi connectivity index (χ1v) is 10.8. The molecule has 6 heteroatoms. The van der Waals surface area contributed by atoms with E-state index in [1.165, 1.54) is 0 Å². The van der Waals surface area contributed by atoms with Crippen LogP contribution in [0.1, 0.15) is 40.2 Å². The lowest BCUT2D eigenvalue weighted by Crippen LogP contribution is -2.34. The summed E-state index contributed by atoms with van der Waals surface area (Å²) >= 11 is 3.53. The van der Waals surface area contributed by atoms with Gasteiger partial charge in [-0.15, -0.1) is 0 Å². The van der Waals surface area contributed by atoms with Gasteiger partial charge >= 0.3 is 0 Å². The molecule has 1 aliphatic rings. The topological polar surface area (TPSA) is 58.4 Å². The highest BCUT2D eigenvalue weighted by molar-refractivity contribution is 9.10. The van der Waals surface area contributed by atoms with Crippen LogP contribution in [-0.2, 0) is 19.4 Å². The number of aliphatic hydroxyl groups excluding tert-OH is 1. The number of rotatable bonds is 6. The molecule has 4 rings (SSSR count). The summed E-state index contributed by atoms with van der Waals surface area (Å²) in [4.78, 5) is 15.1. The summed E-state index contributed by atoms with van der Waals surface area (Å²) in [7, 11) is 0. The number of nitrogens with zero attached hydrogens (tertiary/aromatic N) is 3. The summed E-state index contributed by atoms with van der Waals surface area (Å²) in [6.07, 6.45) is 3.95. The largest absolute Gasteiger partial charge is 0.395 e. The summed E-state index contributed by atoms with van der Waals surface area (Å²) in [6, 6.07) is 17.8. The zero-order chi connectivity index (χ0) is 20.2. The van der Waals surface area contributed by atoms with E-state index in [4.69, 9.17) is 5.10 Å². The molecule has 0 saturated carbocycles. The van der Waals surface area contributed by atoms with Crippen molar-refractivity contribution in [1.82, 2.24) is 14.7 Å². The quantitative estimate of drug-likeness (QED) is 0.609. The molecule has 2 aromatic carbocycles. The minimum Gasteiger partial charge on any atom is -0.395 e. The molecule has 5 nitrogen and oxygen atoms in total. The average Bonchev–Trinajstić information content (AvgIpc) is 3.13. The number of hydrogen-bond acceptors (Lipinski definition) is 3. The second kappa shape index (κ2) is 8.93. The Balaban J connectivity index is 1.72. The van der Waals surface area contributed by atoms with Crippen molar-refractivity contribution in [1.29, 1.82) is 0 Å². The van der Waals surface area contributed by atoms with Gasteiger partial charge in [0.15, 0.2) is 5.69 Å². The predicted molar refractivity (Wildman–Crippen MR) is 116 cm³/mol. The summed E-state index contributed by atoms with van der Waals surface area (Å²) in [5, 5.41) is 14.3. The average molecular weight is 454 g/mol. The maximum atomic E-state index is 13.5. The molecule has 29 heavy (non-hydrogen) atoms. The van der Waals surface area contributed by atoms with Crippen molar-refractivity contribution in [2.24, 2.45) is 0 Å². The Hall–Kier alpha value is -2.44. The Morgan fingerprint density at radius 1 is 1.10 bits per heavy atom. The van der Waals surface area contributed by atoms with Gasteiger partial charge in [0, 0.05) is 28.8 Å². The molecule has 0 saturated heterocycles. The molecular weight excluding hydrogens is 430 g/mol. The molecule has 0 fully saturated rings. The number of carbonyl (C=O) groups excluding carboxylic acids is 1. The van der Waals surface area contributed by atoms with E-state index in [1.54, 1.807) is 4.90 Å². The molecular formula is C23H24BrN3O2. The number of amides is 1. The third kappa shape index (κ3) is 4.28. The Bertz CT molecular complexity index is 1000. The molecule has 0 atom stereocenters. The van der Waals surface area contributed by atoms with E-state index in [-0.39, 0.29) is 19.1 Å². The first kappa shape index (κ1) is 19.9. The maximum Gasteiger partial charge on any atom is 0.275 e. The van der Waals surface area contributed by atoms with Crippen molar-refractivity contribution >= 4 is 21.8 Å². The number of carbonyl (C=O) groups is 1. The van der Waals surface area contributed by atoms with Gasteiger partial charge in [-0.05, 0) is 49.4 Å². The van der Waals surface area contributed by atoms with Crippen LogP contribution < -0.4 is 0 Å². The minimum absolute atomic E-state index is 0.0763. The van der Waals surface area contributed by atoms with Crippen molar-refractivity contribution in [2.75, 3.05) is 13.2 Å². The fourth-order valence-corrected chi connectivity index (χ4v) is 4.31. The second-order valence-corrected chi connectivity index (χ2v) is 8.22. The summed E-state index contributed by atoms with van der Waals surface area (Å²) in [6.45, 7) is 0.665.